The summed E-state index contributed by atoms with van der Waals surface area (Å²) in [6.07, 6.45) is 1.47. The number of carbonyl (C=O) groups excluding carboxylic acids is 1. The summed E-state index contributed by atoms with van der Waals surface area (Å²) < 4.78 is 4.95. The van der Waals surface area contributed by atoms with Crippen LogP contribution >= 0.6 is 0 Å². The number of phenolic OH excluding ortho intramolecular Hbond substituents is 2. The van der Waals surface area contributed by atoms with Gasteiger partial charge in [0, 0.05) is 11.8 Å². The molecular weight excluding hydrogens is 318 g/mol. The maximum atomic E-state index is 11.8. The number of rotatable bonds is 4. The normalized spacial score (nSPS) is 11.1. The molecule has 0 radical (unpaired) electrons. The van der Waals surface area contributed by atoms with Crippen LogP contribution in [0.5, 0.6) is 11.5 Å². The van der Waals surface area contributed by atoms with E-state index in [1.165, 1.54) is 24.4 Å². The lowest BCUT2D eigenvalue weighted by molar-refractivity contribution is 0.0526. The van der Waals surface area contributed by atoms with Crippen LogP contribution in [0.1, 0.15) is 22.8 Å². The number of ether oxygens (including phenoxy) is 1. The highest BCUT2D eigenvalue weighted by molar-refractivity contribution is 6.03. The lowest BCUT2D eigenvalue weighted by Gasteiger charge is -2.06. The first kappa shape index (κ1) is 16.5. The van der Waals surface area contributed by atoms with E-state index in [4.69, 9.17) is 4.74 Å². The van der Waals surface area contributed by atoms with Gasteiger partial charge in [0.1, 0.15) is 17.2 Å². The molecule has 0 aliphatic rings. The van der Waals surface area contributed by atoms with E-state index in [1.807, 2.05) is 30.3 Å². The maximum Gasteiger partial charge on any atom is 0.338 e. The Morgan fingerprint density at radius 2 is 1.84 bits per heavy atom. The number of esters is 1. The summed E-state index contributed by atoms with van der Waals surface area (Å²) in [6, 6.07) is 15.3. The molecule has 3 rings (SSSR count). The number of benzene rings is 3. The summed E-state index contributed by atoms with van der Waals surface area (Å²) in [5, 5.41) is 21.9. The highest BCUT2D eigenvalue weighted by atomic mass is 16.5. The van der Waals surface area contributed by atoms with Gasteiger partial charge in [0.15, 0.2) is 0 Å². The maximum absolute atomic E-state index is 11.8. The van der Waals surface area contributed by atoms with Crippen LogP contribution in [0.4, 0.5) is 5.69 Å². The van der Waals surface area contributed by atoms with Gasteiger partial charge in [-0.25, -0.2) is 4.79 Å². The predicted molar refractivity (Wildman–Crippen MR) is 96.9 cm³/mol. The SMILES string of the molecule is CCOC(=O)c1ccc(O)c(N=Cc2c(O)ccc3ccccc23)c1. The molecular formula is C20H17NO4. The van der Waals surface area contributed by atoms with Crippen LogP contribution in [0.3, 0.4) is 0 Å². The van der Waals surface area contributed by atoms with Gasteiger partial charge >= 0.3 is 5.97 Å². The van der Waals surface area contributed by atoms with Crippen LogP contribution in [0.25, 0.3) is 10.8 Å². The fraction of sp³-hybridized carbons (Fsp3) is 0.100. The number of aromatic hydroxyl groups is 2. The fourth-order valence-corrected chi connectivity index (χ4v) is 2.52. The van der Waals surface area contributed by atoms with Crippen LogP contribution < -0.4 is 0 Å². The molecule has 0 aliphatic carbocycles. The molecule has 0 fully saturated rings. The van der Waals surface area contributed by atoms with E-state index < -0.39 is 5.97 Å². The molecule has 0 saturated heterocycles. The topological polar surface area (TPSA) is 79.1 Å². The molecule has 0 bridgehead atoms. The van der Waals surface area contributed by atoms with Gasteiger partial charge in [-0.2, -0.15) is 0 Å². The Balaban J connectivity index is 2.02. The van der Waals surface area contributed by atoms with E-state index in [-0.39, 0.29) is 23.8 Å². The van der Waals surface area contributed by atoms with Gasteiger partial charge in [-0.15, -0.1) is 0 Å². The van der Waals surface area contributed by atoms with Gasteiger partial charge in [0.05, 0.1) is 12.2 Å². The largest absolute Gasteiger partial charge is 0.507 e. The fourth-order valence-electron chi connectivity index (χ4n) is 2.52. The first-order valence-electron chi connectivity index (χ1n) is 7.85. The van der Waals surface area contributed by atoms with Crippen molar-refractivity contribution >= 4 is 28.6 Å². The Labute approximate surface area is 144 Å². The molecule has 2 N–H and O–H groups in total. The Hall–Kier alpha value is -3.34. The quantitative estimate of drug-likeness (QED) is 0.554. The van der Waals surface area contributed by atoms with Crippen LogP contribution in [-0.2, 0) is 4.74 Å². The molecule has 0 aliphatic heterocycles. The van der Waals surface area contributed by atoms with Crippen molar-refractivity contribution < 1.29 is 19.7 Å². The smallest absolute Gasteiger partial charge is 0.338 e. The summed E-state index contributed by atoms with van der Waals surface area (Å²) in [5.74, 6) is -0.459. The van der Waals surface area contributed by atoms with Crippen molar-refractivity contribution in [2.75, 3.05) is 6.61 Å². The van der Waals surface area contributed by atoms with E-state index in [0.717, 1.165) is 10.8 Å². The van der Waals surface area contributed by atoms with Crippen molar-refractivity contribution in [1.82, 2.24) is 0 Å². The highest BCUT2D eigenvalue weighted by Crippen LogP contribution is 2.30. The molecule has 0 atom stereocenters. The van der Waals surface area contributed by atoms with Gasteiger partial charge in [-0.05, 0) is 42.0 Å². The van der Waals surface area contributed by atoms with Crippen molar-refractivity contribution in [2.45, 2.75) is 6.92 Å². The van der Waals surface area contributed by atoms with E-state index in [2.05, 4.69) is 4.99 Å². The standard InChI is InChI=1S/C20H17NO4/c1-2-25-20(24)14-8-10-19(23)17(11-14)21-12-16-15-6-4-3-5-13(15)7-9-18(16)22/h3-12,22-23H,2H2,1H3. The Kier molecular flexibility index (Phi) is 4.66. The Morgan fingerprint density at radius 1 is 1.08 bits per heavy atom. The number of hydrogen-bond donors (Lipinski definition) is 2. The van der Waals surface area contributed by atoms with Crippen LogP contribution in [-0.4, -0.2) is 29.0 Å². The second-order valence-electron chi connectivity index (χ2n) is 5.40. The zero-order valence-electron chi connectivity index (χ0n) is 13.6. The molecule has 3 aromatic carbocycles. The summed E-state index contributed by atoms with van der Waals surface area (Å²) in [6.45, 7) is 1.99. The number of fused-ring (bicyclic) bond motifs is 1. The summed E-state index contributed by atoms with van der Waals surface area (Å²) in [4.78, 5) is 16.1. The molecule has 0 unspecified atom stereocenters. The molecule has 0 amide bonds. The van der Waals surface area contributed by atoms with Crippen molar-refractivity contribution in [3.8, 4) is 11.5 Å². The third-order valence-corrected chi connectivity index (χ3v) is 3.77. The van der Waals surface area contributed by atoms with Crippen LogP contribution in [0.15, 0.2) is 59.6 Å². The number of hydrogen-bond acceptors (Lipinski definition) is 5. The second-order valence-corrected chi connectivity index (χ2v) is 5.40. The highest BCUT2D eigenvalue weighted by Gasteiger charge is 2.10. The number of carbonyl (C=O) groups is 1. The minimum Gasteiger partial charge on any atom is -0.507 e. The van der Waals surface area contributed by atoms with E-state index >= 15 is 0 Å². The first-order valence-corrected chi connectivity index (χ1v) is 7.85. The summed E-state index contributed by atoms with van der Waals surface area (Å²) in [7, 11) is 0. The van der Waals surface area contributed by atoms with Crippen LogP contribution in [0.2, 0.25) is 0 Å². The van der Waals surface area contributed by atoms with E-state index in [9.17, 15) is 15.0 Å². The van der Waals surface area contributed by atoms with Crippen molar-refractivity contribution in [3.63, 3.8) is 0 Å². The molecule has 5 nitrogen and oxygen atoms in total. The third kappa shape index (κ3) is 3.45. The molecule has 0 spiro atoms. The number of nitrogens with zero attached hydrogens (tertiary/aromatic N) is 1. The third-order valence-electron chi connectivity index (χ3n) is 3.77. The van der Waals surface area contributed by atoms with Crippen molar-refractivity contribution in [3.05, 3.63) is 65.7 Å². The minimum atomic E-state index is -0.480. The Bertz CT molecular complexity index is 963. The van der Waals surface area contributed by atoms with Gasteiger partial charge in [0.2, 0.25) is 0 Å². The molecule has 126 valence electrons. The van der Waals surface area contributed by atoms with Crippen molar-refractivity contribution in [2.24, 2.45) is 4.99 Å². The lowest BCUT2D eigenvalue weighted by Crippen LogP contribution is -2.03. The molecule has 0 aromatic heterocycles. The summed E-state index contributed by atoms with van der Waals surface area (Å²) in [5.41, 5.74) is 1.06. The molecule has 5 heteroatoms. The zero-order chi connectivity index (χ0) is 17.8. The van der Waals surface area contributed by atoms with Gasteiger partial charge in [0.25, 0.3) is 0 Å². The van der Waals surface area contributed by atoms with Gasteiger partial charge in [-0.3, -0.25) is 4.99 Å². The first-order chi connectivity index (χ1) is 12.1. The lowest BCUT2D eigenvalue weighted by atomic mass is 10.0. The van der Waals surface area contributed by atoms with Crippen LogP contribution in [0, 0.1) is 0 Å². The van der Waals surface area contributed by atoms with E-state index in [0.29, 0.717) is 11.1 Å². The average molecular weight is 335 g/mol. The van der Waals surface area contributed by atoms with Gasteiger partial charge in [-0.1, -0.05) is 30.3 Å². The predicted octanol–water partition coefficient (Wildman–Crippen LogP) is 4.18. The molecule has 0 saturated carbocycles. The molecule has 0 heterocycles. The molecule has 25 heavy (non-hydrogen) atoms. The summed E-state index contributed by atoms with van der Waals surface area (Å²) >= 11 is 0. The van der Waals surface area contributed by atoms with Crippen molar-refractivity contribution in [1.29, 1.82) is 0 Å². The molecule has 3 aromatic rings. The monoisotopic (exact) mass is 335 g/mol. The van der Waals surface area contributed by atoms with E-state index in [1.54, 1.807) is 13.0 Å². The van der Waals surface area contributed by atoms with Gasteiger partial charge < -0.3 is 14.9 Å². The Morgan fingerprint density at radius 3 is 2.64 bits per heavy atom. The second kappa shape index (κ2) is 7.05. The number of aliphatic imine (C=N–C) groups is 1. The minimum absolute atomic E-state index is 0.0657. The number of phenols is 2. The zero-order valence-corrected chi connectivity index (χ0v) is 13.6. The average Bonchev–Trinajstić information content (AvgIpc) is 2.62.